The Bertz CT molecular complexity index is 627. The van der Waals surface area contributed by atoms with Crippen molar-refractivity contribution in [2.45, 2.75) is 22.6 Å². The van der Waals surface area contributed by atoms with Gasteiger partial charge in [-0.15, -0.1) is 11.6 Å². The van der Waals surface area contributed by atoms with E-state index in [1.54, 1.807) is 18.2 Å². The molecule has 0 N–H and O–H groups in total. The van der Waals surface area contributed by atoms with Crippen LogP contribution < -0.4 is 0 Å². The largest absolute Gasteiger partial charge is 0.248 e. The molecule has 2 aromatic rings. The maximum Gasteiger partial charge on any atom is 0.161 e. The van der Waals surface area contributed by atoms with Gasteiger partial charge in [0, 0.05) is 5.02 Å². The van der Waals surface area contributed by atoms with Crippen LogP contribution in [0.25, 0.3) is 11.0 Å². The molecule has 1 aliphatic carbocycles. The molecule has 0 fully saturated rings. The number of hydrogen-bond acceptors (Lipinski definition) is 2. The van der Waals surface area contributed by atoms with Crippen LogP contribution in [0.3, 0.4) is 0 Å². The monoisotopic (exact) mass is 320 g/mol. The minimum Gasteiger partial charge on any atom is -0.248 e. The molecule has 0 radical (unpaired) electrons. The van der Waals surface area contributed by atoms with E-state index in [1.165, 1.54) is 0 Å². The van der Waals surface area contributed by atoms with E-state index in [-0.39, 0.29) is 5.38 Å². The summed E-state index contributed by atoms with van der Waals surface area (Å²) < 4.78 is -1.01. The number of aromatic nitrogens is 2. The fraction of sp³-hybridized carbons (Fsp3) is 0.333. The highest BCUT2D eigenvalue weighted by atomic mass is 35.5. The lowest BCUT2D eigenvalue weighted by molar-refractivity contribution is 0.584. The molecular formula is C12H8Cl4N2. The summed E-state index contributed by atoms with van der Waals surface area (Å²) >= 11 is 24.8. The van der Waals surface area contributed by atoms with Crippen molar-refractivity contribution in [3.05, 3.63) is 34.6 Å². The molecule has 3 rings (SSSR count). The normalized spacial score (nSPS) is 21.9. The number of fused-ring (bicyclic) bond motifs is 2. The van der Waals surface area contributed by atoms with Crippen molar-refractivity contribution < 1.29 is 0 Å². The lowest BCUT2D eigenvalue weighted by atomic mass is 9.98. The second-order valence-corrected chi connectivity index (χ2v) is 6.75. The van der Waals surface area contributed by atoms with Gasteiger partial charge in [-0.25, -0.2) is 9.97 Å². The summed E-state index contributed by atoms with van der Waals surface area (Å²) in [6, 6.07) is 5.31. The molecule has 0 aliphatic heterocycles. The predicted octanol–water partition coefficient (Wildman–Crippen LogP) is 4.99. The number of rotatable bonds is 0. The molecule has 0 saturated carbocycles. The minimum atomic E-state index is -1.01. The number of benzene rings is 1. The zero-order valence-corrected chi connectivity index (χ0v) is 12.2. The third-order valence-electron chi connectivity index (χ3n) is 3.01. The molecule has 1 aromatic heterocycles. The van der Waals surface area contributed by atoms with E-state index in [2.05, 4.69) is 9.97 Å². The van der Waals surface area contributed by atoms with E-state index in [9.17, 15) is 0 Å². The van der Waals surface area contributed by atoms with Gasteiger partial charge >= 0.3 is 0 Å². The van der Waals surface area contributed by atoms with Gasteiger partial charge < -0.3 is 0 Å². The highest BCUT2D eigenvalue weighted by molar-refractivity contribution is 6.48. The third kappa shape index (κ3) is 2.05. The van der Waals surface area contributed by atoms with E-state index in [4.69, 9.17) is 46.4 Å². The minimum absolute atomic E-state index is 0.207. The molecule has 1 aromatic carbocycles. The van der Waals surface area contributed by atoms with E-state index in [1.807, 2.05) is 0 Å². The molecule has 1 unspecified atom stereocenters. The van der Waals surface area contributed by atoms with Gasteiger partial charge in [0.25, 0.3) is 0 Å². The second kappa shape index (κ2) is 4.38. The molecule has 6 heteroatoms. The summed E-state index contributed by atoms with van der Waals surface area (Å²) in [7, 11) is 0. The molecule has 0 bridgehead atoms. The quantitative estimate of drug-likeness (QED) is 0.639. The van der Waals surface area contributed by atoms with Gasteiger partial charge in [0.1, 0.15) is 5.69 Å². The Labute approximate surface area is 124 Å². The second-order valence-electron chi connectivity index (χ2n) is 4.30. The van der Waals surface area contributed by atoms with Gasteiger partial charge in [0.15, 0.2) is 4.33 Å². The molecule has 1 aliphatic rings. The van der Waals surface area contributed by atoms with E-state index >= 15 is 0 Å². The van der Waals surface area contributed by atoms with Crippen LogP contribution in [-0.2, 0) is 4.33 Å². The van der Waals surface area contributed by atoms with Gasteiger partial charge in [0.05, 0.1) is 22.1 Å². The Morgan fingerprint density at radius 1 is 1.17 bits per heavy atom. The number of nitrogens with zero attached hydrogens (tertiary/aromatic N) is 2. The van der Waals surface area contributed by atoms with Crippen molar-refractivity contribution in [2.75, 3.05) is 0 Å². The van der Waals surface area contributed by atoms with Crippen molar-refractivity contribution in [1.82, 2.24) is 9.97 Å². The maximum absolute atomic E-state index is 6.28. The molecule has 1 atom stereocenters. The third-order valence-corrected chi connectivity index (χ3v) is 4.40. The molecule has 2 nitrogen and oxygen atoms in total. The first kappa shape index (κ1) is 12.7. The van der Waals surface area contributed by atoms with E-state index < -0.39 is 4.33 Å². The van der Waals surface area contributed by atoms with Crippen molar-refractivity contribution in [2.24, 2.45) is 0 Å². The van der Waals surface area contributed by atoms with Crippen LogP contribution in [0.4, 0.5) is 0 Å². The average molecular weight is 322 g/mol. The Kier molecular flexibility index (Phi) is 3.10. The van der Waals surface area contributed by atoms with Crippen LogP contribution in [0.5, 0.6) is 0 Å². The van der Waals surface area contributed by atoms with Crippen LogP contribution in [0.15, 0.2) is 18.2 Å². The summed E-state index contributed by atoms with van der Waals surface area (Å²) in [5, 5.41) is 0.406. The standard InChI is InChI=1S/C12H8Cl4N2/c13-6-1-2-8-9(5-6)17-10-7(14)3-4-12(15,16)11(10)18-8/h1-2,5,7H,3-4H2. The van der Waals surface area contributed by atoms with Gasteiger partial charge in [-0.1, -0.05) is 34.8 Å². The zero-order valence-electron chi connectivity index (χ0n) is 9.13. The van der Waals surface area contributed by atoms with Crippen molar-refractivity contribution in [1.29, 1.82) is 0 Å². The van der Waals surface area contributed by atoms with Gasteiger partial charge in [-0.2, -0.15) is 0 Å². The molecule has 0 spiro atoms. The Morgan fingerprint density at radius 2 is 1.94 bits per heavy atom. The summed E-state index contributed by atoms with van der Waals surface area (Å²) in [5.74, 6) is 0. The number of alkyl halides is 3. The molecule has 94 valence electrons. The highest BCUT2D eigenvalue weighted by Crippen LogP contribution is 2.48. The summed E-state index contributed by atoms with van der Waals surface area (Å²) in [6.07, 6.45) is 1.26. The first-order valence-corrected chi connectivity index (χ1v) is 7.04. The molecule has 0 amide bonds. The zero-order chi connectivity index (χ0) is 12.9. The van der Waals surface area contributed by atoms with E-state index in [0.717, 1.165) is 5.52 Å². The van der Waals surface area contributed by atoms with Crippen molar-refractivity contribution in [3.8, 4) is 0 Å². The predicted molar refractivity (Wildman–Crippen MR) is 75.8 cm³/mol. The first-order chi connectivity index (χ1) is 8.47. The topological polar surface area (TPSA) is 25.8 Å². The fourth-order valence-corrected chi connectivity index (χ4v) is 3.02. The van der Waals surface area contributed by atoms with Crippen LogP contribution in [0.2, 0.25) is 5.02 Å². The molecular weight excluding hydrogens is 314 g/mol. The Morgan fingerprint density at radius 3 is 2.72 bits per heavy atom. The van der Waals surface area contributed by atoms with E-state index in [0.29, 0.717) is 34.8 Å². The summed E-state index contributed by atoms with van der Waals surface area (Å²) in [5.41, 5.74) is 2.64. The molecule has 0 saturated heterocycles. The van der Waals surface area contributed by atoms with Gasteiger partial charge in [0.2, 0.25) is 0 Å². The SMILES string of the molecule is Clc1ccc2nc3c(nc2c1)C(Cl)CCC3(Cl)Cl. The summed E-state index contributed by atoms with van der Waals surface area (Å²) in [6.45, 7) is 0. The van der Waals surface area contributed by atoms with Gasteiger partial charge in [-0.05, 0) is 31.0 Å². The van der Waals surface area contributed by atoms with Crippen LogP contribution in [-0.4, -0.2) is 9.97 Å². The Hall–Kier alpha value is -0.280. The van der Waals surface area contributed by atoms with Crippen molar-refractivity contribution in [3.63, 3.8) is 0 Å². The Balaban J connectivity index is 2.31. The molecule has 1 heterocycles. The summed E-state index contributed by atoms with van der Waals surface area (Å²) in [4.78, 5) is 9.00. The highest BCUT2D eigenvalue weighted by Gasteiger charge is 2.39. The molecule has 18 heavy (non-hydrogen) atoms. The lowest BCUT2D eigenvalue weighted by Gasteiger charge is -2.29. The number of halogens is 4. The van der Waals surface area contributed by atoms with Crippen LogP contribution >= 0.6 is 46.4 Å². The number of hydrogen-bond donors (Lipinski definition) is 0. The first-order valence-electron chi connectivity index (χ1n) is 5.47. The fourth-order valence-electron chi connectivity index (χ4n) is 2.09. The maximum atomic E-state index is 6.28. The van der Waals surface area contributed by atoms with Crippen molar-refractivity contribution >= 4 is 57.4 Å². The smallest absolute Gasteiger partial charge is 0.161 e. The van der Waals surface area contributed by atoms with Crippen LogP contribution in [0, 0.1) is 0 Å². The van der Waals surface area contributed by atoms with Crippen LogP contribution in [0.1, 0.15) is 29.6 Å². The van der Waals surface area contributed by atoms with Gasteiger partial charge in [-0.3, -0.25) is 0 Å². The average Bonchev–Trinajstić information content (AvgIpc) is 2.33. The lowest BCUT2D eigenvalue weighted by Crippen LogP contribution is -2.23.